The number of nitrogens with one attached hydrogen (secondary N) is 1. The van der Waals surface area contributed by atoms with Crippen LogP contribution in [0, 0.1) is 0 Å². The Kier molecular flexibility index (Phi) is 5.28. The molecule has 0 atom stereocenters. The molecule has 0 bridgehead atoms. The van der Waals surface area contributed by atoms with Gasteiger partial charge in [0.2, 0.25) is 5.91 Å². The van der Waals surface area contributed by atoms with Crippen molar-refractivity contribution in [1.82, 2.24) is 10.2 Å². The van der Waals surface area contributed by atoms with Crippen molar-refractivity contribution in [3.05, 3.63) is 0 Å². The molecular weight excluding hydrogens is 200 g/mol. The highest BCUT2D eigenvalue weighted by Crippen LogP contribution is 2.17. The predicted octanol–water partition coefficient (Wildman–Crippen LogP) is 0.323. The maximum atomic E-state index is 10.9. The van der Waals surface area contributed by atoms with Gasteiger partial charge < -0.3 is 5.32 Å². The molecule has 1 N–H and O–H groups in total. The average molecular weight is 211 g/mol. The van der Waals surface area contributed by atoms with Crippen LogP contribution in [0.15, 0.2) is 0 Å². The van der Waals surface area contributed by atoms with Crippen LogP contribution in [-0.2, 0) is 4.79 Å². The molecule has 1 aliphatic heterocycles. The first kappa shape index (κ1) is 11.7. The second-order valence-corrected chi connectivity index (χ2v) is 3.13. The molecule has 0 aliphatic carbocycles. The van der Waals surface area contributed by atoms with Gasteiger partial charge in [-0.2, -0.15) is 0 Å². The maximum Gasteiger partial charge on any atom is 0.288 e. The van der Waals surface area contributed by atoms with E-state index in [0.717, 1.165) is 11.8 Å². The van der Waals surface area contributed by atoms with E-state index in [1.54, 1.807) is 7.05 Å². The molecule has 0 saturated carbocycles. The third-order valence-corrected chi connectivity index (χ3v) is 2.28. The van der Waals surface area contributed by atoms with Crippen LogP contribution in [0.3, 0.4) is 0 Å². The van der Waals surface area contributed by atoms with Gasteiger partial charge in [-0.3, -0.25) is 14.5 Å². The Balaban J connectivity index is 0.00000121. The Hall–Kier alpha value is -0.260. The zero-order valence-electron chi connectivity index (χ0n) is 6.70. The van der Waals surface area contributed by atoms with E-state index in [1.165, 1.54) is 4.90 Å². The van der Waals surface area contributed by atoms with Crippen LogP contribution in [0.1, 0.15) is 0 Å². The van der Waals surface area contributed by atoms with Crippen molar-refractivity contribution in [2.75, 3.05) is 25.9 Å². The highest BCUT2D eigenvalue weighted by atomic mass is 35.5. The summed E-state index contributed by atoms with van der Waals surface area (Å²) in [7, 11) is 1.79. The number of halogens is 1. The molecule has 1 rings (SSSR count). The van der Waals surface area contributed by atoms with Crippen molar-refractivity contribution in [1.29, 1.82) is 0 Å². The van der Waals surface area contributed by atoms with Crippen LogP contribution >= 0.6 is 24.2 Å². The lowest BCUT2D eigenvalue weighted by Gasteiger charge is -2.10. The third kappa shape index (κ3) is 2.66. The first-order valence-corrected chi connectivity index (χ1v) is 4.36. The zero-order valence-corrected chi connectivity index (χ0v) is 8.33. The molecule has 0 unspecified atom stereocenters. The lowest BCUT2D eigenvalue weighted by atomic mass is 10.5. The van der Waals surface area contributed by atoms with Gasteiger partial charge in [-0.05, 0) is 7.05 Å². The summed E-state index contributed by atoms with van der Waals surface area (Å²) < 4.78 is 0. The molecule has 1 aliphatic rings. The number of nitrogens with zero attached hydrogens (tertiary/aromatic N) is 1. The van der Waals surface area contributed by atoms with Gasteiger partial charge in [-0.15, -0.1) is 12.4 Å². The van der Waals surface area contributed by atoms with Crippen molar-refractivity contribution in [2.45, 2.75) is 0 Å². The largest absolute Gasteiger partial charge is 0.318 e. The van der Waals surface area contributed by atoms with Crippen LogP contribution in [0.2, 0.25) is 0 Å². The number of thioether (sulfide) groups is 1. The average Bonchev–Trinajstić information content (AvgIpc) is 2.29. The molecule has 1 heterocycles. The van der Waals surface area contributed by atoms with Crippen molar-refractivity contribution in [3.8, 4) is 0 Å². The number of carbonyl (C=O) groups excluding carboxylic acids is 2. The van der Waals surface area contributed by atoms with E-state index in [1.807, 2.05) is 0 Å². The number of likely N-dealkylation sites (N-methyl/N-ethyl adjacent to an activating group) is 1. The summed E-state index contributed by atoms with van der Waals surface area (Å²) in [5.74, 6) is 0.234. The maximum absolute atomic E-state index is 10.9. The van der Waals surface area contributed by atoms with Crippen LogP contribution in [0.25, 0.3) is 0 Å². The molecule has 1 fully saturated rings. The molecular formula is C6H11ClN2O2S. The van der Waals surface area contributed by atoms with Gasteiger partial charge in [0, 0.05) is 13.1 Å². The van der Waals surface area contributed by atoms with E-state index in [2.05, 4.69) is 5.32 Å². The molecule has 12 heavy (non-hydrogen) atoms. The van der Waals surface area contributed by atoms with Gasteiger partial charge >= 0.3 is 0 Å². The molecule has 0 radical (unpaired) electrons. The number of hydrogen-bond donors (Lipinski definition) is 1. The van der Waals surface area contributed by atoms with Gasteiger partial charge in [0.25, 0.3) is 5.24 Å². The van der Waals surface area contributed by atoms with Crippen molar-refractivity contribution >= 4 is 35.3 Å². The molecule has 0 aromatic rings. The van der Waals surface area contributed by atoms with Crippen LogP contribution < -0.4 is 5.32 Å². The molecule has 0 aromatic carbocycles. The second kappa shape index (κ2) is 5.40. The molecule has 70 valence electrons. The van der Waals surface area contributed by atoms with Crippen LogP contribution in [-0.4, -0.2) is 41.9 Å². The Morgan fingerprint density at radius 2 is 2.25 bits per heavy atom. The van der Waals surface area contributed by atoms with Crippen molar-refractivity contribution in [3.63, 3.8) is 0 Å². The van der Waals surface area contributed by atoms with Gasteiger partial charge in [0.05, 0.1) is 5.75 Å². The summed E-state index contributed by atoms with van der Waals surface area (Å²) in [5.41, 5.74) is 0. The number of amides is 2. The first-order chi connectivity index (χ1) is 5.25. The SMILES string of the molecule is CNCCN1C(=O)CSC1=O.Cl. The standard InChI is InChI=1S/C6H10N2O2S.ClH/c1-7-2-3-8-5(9)4-11-6(8)10;/h7H,2-4H2,1H3;1H. The smallest absolute Gasteiger partial charge is 0.288 e. The minimum atomic E-state index is -0.120. The number of imide groups is 1. The predicted molar refractivity (Wildman–Crippen MR) is 50.7 cm³/mol. The van der Waals surface area contributed by atoms with E-state index in [9.17, 15) is 9.59 Å². The van der Waals surface area contributed by atoms with Crippen LogP contribution in [0.4, 0.5) is 4.79 Å². The molecule has 6 heteroatoms. The van der Waals surface area contributed by atoms with Gasteiger partial charge in [-0.25, -0.2) is 0 Å². The summed E-state index contributed by atoms with van der Waals surface area (Å²) in [5, 5.41) is 2.76. The summed E-state index contributed by atoms with van der Waals surface area (Å²) in [4.78, 5) is 23.2. The molecule has 4 nitrogen and oxygen atoms in total. The minimum Gasteiger partial charge on any atom is -0.318 e. The summed E-state index contributed by atoms with van der Waals surface area (Å²) >= 11 is 1.07. The molecule has 2 amide bonds. The highest BCUT2D eigenvalue weighted by Gasteiger charge is 2.28. The van der Waals surface area contributed by atoms with Gasteiger partial charge in [0.1, 0.15) is 0 Å². The Morgan fingerprint density at radius 3 is 2.67 bits per heavy atom. The van der Waals surface area contributed by atoms with E-state index in [4.69, 9.17) is 0 Å². The van der Waals surface area contributed by atoms with E-state index in [-0.39, 0.29) is 23.6 Å². The fraction of sp³-hybridized carbons (Fsp3) is 0.667. The third-order valence-electron chi connectivity index (χ3n) is 1.43. The Labute approximate surface area is 81.5 Å². The summed E-state index contributed by atoms with van der Waals surface area (Å²) in [6, 6.07) is 0. The van der Waals surface area contributed by atoms with Crippen molar-refractivity contribution < 1.29 is 9.59 Å². The number of hydrogen-bond acceptors (Lipinski definition) is 4. The quantitative estimate of drug-likeness (QED) is 0.729. The van der Waals surface area contributed by atoms with E-state index >= 15 is 0 Å². The Bertz CT molecular complexity index is 172. The van der Waals surface area contributed by atoms with Gasteiger partial charge in [-0.1, -0.05) is 11.8 Å². The number of carbonyl (C=O) groups is 2. The highest BCUT2D eigenvalue weighted by molar-refractivity contribution is 8.14. The number of rotatable bonds is 3. The zero-order chi connectivity index (χ0) is 8.27. The second-order valence-electron chi connectivity index (χ2n) is 2.20. The molecule has 0 spiro atoms. The fourth-order valence-corrected chi connectivity index (χ4v) is 1.57. The summed E-state index contributed by atoms with van der Waals surface area (Å²) in [6.07, 6.45) is 0. The summed E-state index contributed by atoms with van der Waals surface area (Å²) in [6.45, 7) is 1.15. The lowest BCUT2D eigenvalue weighted by molar-refractivity contribution is -0.124. The molecule has 0 aromatic heterocycles. The monoisotopic (exact) mass is 210 g/mol. The van der Waals surface area contributed by atoms with E-state index in [0.29, 0.717) is 18.8 Å². The first-order valence-electron chi connectivity index (χ1n) is 3.37. The topological polar surface area (TPSA) is 49.4 Å². The van der Waals surface area contributed by atoms with E-state index < -0.39 is 0 Å². The lowest BCUT2D eigenvalue weighted by Crippen LogP contribution is -2.34. The van der Waals surface area contributed by atoms with Gasteiger partial charge in [0.15, 0.2) is 0 Å². The minimum absolute atomic E-state index is 0. The van der Waals surface area contributed by atoms with Crippen molar-refractivity contribution in [2.24, 2.45) is 0 Å². The fourth-order valence-electron chi connectivity index (χ4n) is 0.821. The normalized spacial score (nSPS) is 16.6. The Morgan fingerprint density at radius 1 is 1.58 bits per heavy atom. The molecule has 1 saturated heterocycles. The van der Waals surface area contributed by atoms with Crippen LogP contribution in [0.5, 0.6) is 0 Å².